The molecule has 96 valence electrons. The number of anilines is 1. The second-order valence-electron chi connectivity index (χ2n) is 3.36. The minimum Gasteiger partial charge on any atom is -0.497 e. The summed E-state index contributed by atoms with van der Waals surface area (Å²) < 4.78 is 5.01. The fourth-order valence-corrected chi connectivity index (χ4v) is 1.13. The van der Waals surface area contributed by atoms with Crippen LogP contribution in [0.5, 0.6) is 5.75 Å². The van der Waals surface area contributed by atoms with E-state index in [1.807, 2.05) is 0 Å². The number of nitrogens with zero attached hydrogens (tertiary/aromatic N) is 1. The minimum absolute atomic E-state index is 0.00611. The van der Waals surface area contributed by atoms with Gasteiger partial charge in [-0.1, -0.05) is 0 Å². The van der Waals surface area contributed by atoms with Gasteiger partial charge in [0.25, 0.3) is 5.91 Å². The summed E-state index contributed by atoms with van der Waals surface area (Å²) in [5.74, 6) is 0.373. The van der Waals surface area contributed by atoms with Gasteiger partial charge in [-0.2, -0.15) is 5.10 Å². The van der Waals surface area contributed by atoms with E-state index in [-0.39, 0.29) is 16.7 Å². The summed E-state index contributed by atoms with van der Waals surface area (Å²) in [7, 11) is 1.58. The van der Waals surface area contributed by atoms with Gasteiger partial charge in [-0.05, 0) is 43.4 Å². The van der Waals surface area contributed by atoms with Crippen LogP contribution in [0.4, 0.5) is 5.69 Å². The largest absolute Gasteiger partial charge is 0.497 e. The Kier molecular flexibility index (Phi) is 5.06. The van der Waals surface area contributed by atoms with Gasteiger partial charge in [0, 0.05) is 5.69 Å². The van der Waals surface area contributed by atoms with Crippen LogP contribution in [0.1, 0.15) is 6.92 Å². The Morgan fingerprint density at radius 1 is 1.39 bits per heavy atom. The molecule has 1 aromatic carbocycles. The molecule has 0 aliphatic heterocycles. The number of benzene rings is 1. The number of hydrazone groups is 1. The molecule has 0 saturated carbocycles. The summed E-state index contributed by atoms with van der Waals surface area (Å²) in [5, 5.41) is 6.39. The first-order chi connectivity index (χ1) is 8.52. The molecule has 7 heteroatoms. The van der Waals surface area contributed by atoms with Gasteiger partial charge in [0.1, 0.15) is 11.5 Å². The maximum atomic E-state index is 11.7. The molecule has 0 radical (unpaired) electrons. The molecule has 0 atom stereocenters. The van der Waals surface area contributed by atoms with E-state index in [9.17, 15) is 4.79 Å². The molecule has 0 unspecified atom stereocenters. The number of hydrogen-bond acceptors (Lipinski definition) is 4. The monoisotopic (exact) mass is 266 g/mol. The maximum Gasteiger partial charge on any atom is 0.271 e. The molecule has 0 aliphatic carbocycles. The van der Waals surface area contributed by atoms with Crippen molar-refractivity contribution in [2.75, 3.05) is 12.4 Å². The molecule has 6 nitrogen and oxygen atoms in total. The van der Waals surface area contributed by atoms with Crippen LogP contribution >= 0.6 is 12.2 Å². The van der Waals surface area contributed by atoms with E-state index < -0.39 is 0 Å². The molecule has 0 heterocycles. The quantitative estimate of drug-likeness (QED) is 0.427. The number of hydrogen-bond donors (Lipinski definition) is 3. The molecule has 0 saturated heterocycles. The number of carbonyl (C=O) groups excluding carboxylic acids is 1. The standard InChI is InChI=1S/C11H14N4O2S/c1-7(14-15-11(12)18)10(16)13-8-3-5-9(17-2)6-4-8/h3-6H,1-2H3,(H,13,16)(H3,12,15,18)/b14-7+. The average molecular weight is 266 g/mol. The summed E-state index contributed by atoms with van der Waals surface area (Å²) in [5.41, 5.74) is 8.40. The summed E-state index contributed by atoms with van der Waals surface area (Å²) in [4.78, 5) is 11.7. The van der Waals surface area contributed by atoms with E-state index in [1.54, 1.807) is 38.3 Å². The highest BCUT2D eigenvalue weighted by atomic mass is 32.1. The van der Waals surface area contributed by atoms with E-state index in [0.717, 1.165) is 0 Å². The van der Waals surface area contributed by atoms with Crippen LogP contribution in [0.2, 0.25) is 0 Å². The van der Waals surface area contributed by atoms with Crippen LogP contribution in [0.3, 0.4) is 0 Å². The molecule has 0 spiro atoms. The van der Waals surface area contributed by atoms with Gasteiger partial charge in [-0.25, -0.2) is 0 Å². The SMILES string of the molecule is COc1ccc(NC(=O)/C(C)=N/NC(N)=S)cc1. The molecule has 0 aromatic heterocycles. The van der Waals surface area contributed by atoms with Crippen molar-refractivity contribution < 1.29 is 9.53 Å². The van der Waals surface area contributed by atoms with Crippen molar-refractivity contribution in [3.05, 3.63) is 24.3 Å². The number of amides is 1. The number of carbonyl (C=O) groups is 1. The Labute approximate surface area is 110 Å². The fraction of sp³-hybridized carbons (Fsp3) is 0.182. The zero-order valence-electron chi connectivity index (χ0n) is 10.1. The van der Waals surface area contributed by atoms with Crippen LogP contribution in [-0.4, -0.2) is 23.8 Å². The van der Waals surface area contributed by atoms with Crippen LogP contribution in [0.15, 0.2) is 29.4 Å². The molecule has 1 amide bonds. The third-order valence-electron chi connectivity index (χ3n) is 2.01. The van der Waals surface area contributed by atoms with Gasteiger partial charge in [0.15, 0.2) is 5.11 Å². The Morgan fingerprint density at radius 3 is 2.50 bits per heavy atom. The lowest BCUT2D eigenvalue weighted by Crippen LogP contribution is -2.28. The zero-order chi connectivity index (χ0) is 13.5. The predicted octanol–water partition coefficient (Wildman–Crippen LogP) is 0.843. The van der Waals surface area contributed by atoms with Crippen LogP contribution in [0, 0.1) is 0 Å². The number of rotatable bonds is 4. The van der Waals surface area contributed by atoms with E-state index in [0.29, 0.717) is 11.4 Å². The van der Waals surface area contributed by atoms with Crippen molar-refractivity contribution in [3.63, 3.8) is 0 Å². The summed E-state index contributed by atoms with van der Waals surface area (Å²) >= 11 is 4.57. The highest BCUT2D eigenvalue weighted by Gasteiger charge is 2.06. The fourth-order valence-electron chi connectivity index (χ4n) is 1.09. The Hall–Kier alpha value is -2.15. The molecule has 1 aromatic rings. The lowest BCUT2D eigenvalue weighted by Gasteiger charge is -2.06. The number of nitrogens with one attached hydrogen (secondary N) is 2. The molecule has 4 N–H and O–H groups in total. The summed E-state index contributed by atoms with van der Waals surface area (Å²) in [6.45, 7) is 1.55. The normalized spacial score (nSPS) is 10.7. The first-order valence-corrected chi connectivity index (χ1v) is 5.49. The van der Waals surface area contributed by atoms with Crippen LogP contribution in [0.25, 0.3) is 0 Å². The van der Waals surface area contributed by atoms with Crippen molar-refractivity contribution in [3.8, 4) is 5.75 Å². The van der Waals surface area contributed by atoms with Crippen molar-refractivity contribution >= 4 is 34.6 Å². The minimum atomic E-state index is -0.344. The Balaban J connectivity index is 2.63. The molecule has 0 aliphatic rings. The molecule has 18 heavy (non-hydrogen) atoms. The zero-order valence-corrected chi connectivity index (χ0v) is 10.9. The molecule has 1 rings (SSSR count). The molecule has 0 fully saturated rings. The number of thiocarbonyl (C=S) groups is 1. The second-order valence-corrected chi connectivity index (χ2v) is 3.80. The van der Waals surface area contributed by atoms with E-state index in [2.05, 4.69) is 28.1 Å². The lowest BCUT2D eigenvalue weighted by atomic mass is 10.3. The van der Waals surface area contributed by atoms with Gasteiger partial charge >= 0.3 is 0 Å². The number of nitrogens with two attached hydrogens (primary N) is 1. The van der Waals surface area contributed by atoms with E-state index >= 15 is 0 Å². The lowest BCUT2D eigenvalue weighted by molar-refractivity contribution is -0.110. The Morgan fingerprint density at radius 2 is 2.00 bits per heavy atom. The summed E-state index contributed by atoms with van der Waals surface area (Å²) in [6, 6.07) is 6.95. The van der Waals surface area contributed by atoms with Crippen LogP contribution in [-0.2, 0) is 4.79 Å². The molecule has 0 bridgehead atoms. The third kappa shape index (κ3) is 4.38. The van der Waals surface area contributed by atoms with Gasteiger partial charge in [-0.15, -0.1) is 0 Å². The topological polar surface area (TPSA) is 88.7 Å². The number of ether oxygens (including phenoxy) is 1. The van der Waals surface area contributed by atoms with Crippen molar-refractivity contribution in [1.29, 1.82) is 0 Å². The third-order valence-corrected chi connectivity index (χ3v) is 2.10. The van der Waals surface area contributed by atoms with E-state index in [1.165, 1.54) is 0 Å². The maximum absolute atomic E-state index is 11.7. The predicted molar refractivity (Wildman–Crippen MR) is 74.7 cm³/mol. The number of methoxy groups -OCH3 is 1. The Bertz CT molecular complexity index is 470. The van der Waals surface area contributed by atoms with Gasteiger partial charge in [0.05, 0.1) is 7.11 Å². The smallest absolute Gasteiger partial charge is 0.271 e. The van der Waals surface area contributed by atoms with Crippen molar-refractivity contribution in [2.24, 2.45) is 10.8 Å². The average Bonchev–Trinajstić information content (AvgIpc) is 2.36. The van der Waals surface area contributed by atoms with Crippen molar-refractivity contribution in [2.45, 2.75) is 6.92 Å². The van der Waals surface area contributed by atoms with Gasteiger partial charge < -0.3 is 15.8 Å². The highest BCUT2D eigenvalue weighted by Crippen LogP contribution is 2.14. The second kappa shape index (κ2) is 6.55. The first-order valence-electron chi connectivity index (χ1n) is 5.08. The van der Waals surface area contributed by atoms with Crippen LogP contribution < -0.4 is 21.2 Å². The molecular formula is C11H14N4O2S. The summed E-state index contributed by atoms with van der Waals surface area (Å²) in [6.07, 6.45) is 0. The van der Waals surface area contributed by atoms with Gasteiger partial charge in [0.2, 0.25) is 0 Å². The highest BCUT2D eigenvalue weighted by molar-refractivity contribution is 7.80. The van der Waals surface area contributed by atoms with Gasteiger partial charge in [-0.3, -0.25) is 10.2 Å². The first kappa shape index (κ1) is 13.9. The molecular weight excluding hydrogens is 252 g/mol. The van der Waals surface area contributed by atoms with E-state index in [4.69, 9.17) is 10.5 Å². The van der Waals surface area contributed by atoms with Crippen molar-refractivity contribution in [1.82, 2.24) is 5.43 Å².